The molecule has 0 unspecified atom stereocenters. The molecule has 3 rings (SSSR count). The van der Waals surface area contributed by atoms with Gasteiger partial charge in [0.2, 0.25) is 0 Å². The fourth-order valence-electron chi connectivity index (χ4n) is 2.66. The van der Waals surface area contributed by atoms with E-state index in [0.29, 0.717) is 39.5 Å². The van der Waals surface area contributed by atoms with Gasteiger partial charge in [-0.25, -0.2) is 5.43 Å². The van der Waals surface area contributed by atoms with Crippen LogP contribution in [0.25, 0.3) is 0 Å². The van der Waals surface area contributed by atoms with Crippen LogP contribution >= 0.6 is 23.2 Å². The number of halogens is 2. The van der Waals surface area contributed by atoms with Crippen LogP contribution in [0.5, 0.6) is 17.2 Å². The molecular weight excluding hydrogens is 439 g/mol. The summed E-state index contributed by atoms with van der Waals surface area (Å²) >= 11 is 12.1. The number of rotatable bonds is 8. The molecule has 0 heterocycles. The largest absolute Gasteiger partial charge is 0.497 e. The summed E-state index contributed by atoms with van der Waals surface area (Å²) in [6.07, 6.45) is 1.54. The molecule has 0 aromatic heterocycles. The average Bonchev–Trinajstić information content (AvgIpc) is 2.78. The number of hydrogen-bond donors (Lipinski definition) is 1. The summed E-state index contributed by atoms with van der Waals surface area (Å²) < 4.78 is 16.1. The van der Waals surface area contributed by atoms with Crippen LogP contribution < -0.4 is 19.6 Å². The normalized spacial score (nSPS) is 10.7. The molecule has 0 aliphatic heterocycles. The van der Waals surface area contributed by atoms with Gasteiger partial charge >= 0.3 is 0 Å². The van der Waals surface area contributed by atoms with Gasteiger partial charge in [-0.05, 0) is 54.1 Å². The third-order valence-electron chi connectivity index (χ3n) is 4.32. The third-order valence-corrected chi connectivity index (χ3v) is 4.91. The van der Waals surface area contributed by atoms with Crippen molar-refractivity contribution in [1.29, 1.82) is 0 Å². The minimum atomic E-state index is -0.393. The molecule has 8 heteroatoms. The minimum Gasteiger partial charge on any atom is -0.497 e. The van der Waals surface area contributed by atoms with E-state index >= 15 is 0 Å². The van der Waals surface area contributed by atoms with Crippen molar-refractivity contribution in [3.05, 3.63) is 87.4 Å². The first-order valence-electron chi connectivity index (χ1n) is 9.22. The lowest BCUT2D eigenvalue weighted by molar-refractivity contribution is 0.0952. The maximum Gasteiger partial charge on any atom is 0.275 e. The number of hydrogen-bond acceptors (Lipinski definition) is 5. The van der Waals surface area contributed by atoms with Crippen LogP contribution in [0.2, 0.25) is 10.0 Å². The fraction of sp³-hybridized carbons (Fsp3) is 0.130. The number of hydrazone groups is 1. The van der Waals surface area contributed by atoms with E-state index in [-0.39, 0.29) is 0 Å². The lowest BCUT2D eigenvalue weighted by Crippen LogP contribution is -2.18. The number of carbonyl (C=O) groups is 1. The van der Waals surface area contributed by atoms with Gasteiger partial charge in [-0.1, -0.05) is 29.3 Å². The van der Waals surface area contributed by atoms with Gasteiger partial charge in [0.05, 0.1) is 26.0 Å². The van der Waals surface area contributed by atoms with Crippen molar-refractivity contribution < 1.29 is 19.0 Å². The Bertz CT molecular complexity index is 1090. The minimum absolute atomic E-state index is 0.323. The quantitative estimate of drug-likeness (QED) is 0.364. The monoisotopic (exact) mass is 458 g/mol. The number of ether oxygens (including phenoxy) is 3. The molecule has 0 saturated carbocycles. The van der Waals surface area contributed by atoms with Crippen LogP contribution in [0.4, 0.5) is 0 Å². The van der Waals surface area contributed by atoms with Gasteiger partial charge in [-0.15, -0.1) is 0 Å². The molecule has 1 N–H and O–H groups in total. The molecule has 3 aromatic carbocycles. The Balaban J connectivity index is 1.56. The van der Waals surface area contributed by atoms with E-state index in [9.17, 15) is 4.79 Å². The molecule has 3 aromatic rings. The molecular formula is C23H20Cl2N2O4. The predicted molar refractivity (Wildman–Crippen MR) is 122 cm³/mol. The predicted octanol–water partition coefficient (Wildman–Crippen LogP) is 5.35. The van der Waals surface area contributed by atoms with E-state index in [1.165, 1.54) is 13.3 Å². The maximum atomic E-state index is 12.4. The van der Waals surface area contributed by atoms with Crippen LogP contribution in [-0.2, 0) is 6.61 Å². The maximum absolute atomic E-state index is 12.4. The Morgan fingerprint density at radius 3 is 2.39 bits per heavy atom. The Morgan fingerprint density at radius 1 is 0.968 bits per heavy atom. The van der Waals surface area contributed by atoms with E-state index in [1.807, 2.05) is 18.2 Å². The van der Waals surface area contributed by atoms with Crippen molar-refractivity contribution in [1.82, 2.24) is 5.43 Å². The lowest BCUT2D eigenvalue weighted by atomic mass is 10.2. The van der Waals surface area contributed by atoms with Crippen LogP contribution in [0, 0.1) is 0 Å². The van der Waals surface area contributed by atoms with Gasteiger partial charge in [-0.3, -0.25) is 4.79 Å². The number of nitrogens with one attached hydrogen (secondary N) is 1. The first-order valence-corrected chi connectivity index (χ1v) is 9.98. The summed E-state index contributed by atoms with van der Waals surface area (Å²) in [7, 11) is 3.03. The van der Waals surface area contributed by atoms with Gasteiger partial charge < -0.3 is 14.2 Å². The first-order chi connectivity index (χ1) is 15.0. The van der Waals surface area contributed by atoms with Crippen LogP contribution in [0.1, 0.15) is 21.5 Å². The first kappa shape index (κ1) is 22.5. The fourth-order valence-corrected chi connectivity index (χ4v) is 3.12. The highest BCUT2D eigenvalue weighted by Crippen LogP contribution is 2.25. The zero-order chi connectivity index (χ0) is 22.2. The second-order valence-electron chi connectivity index (χ2n) is 6.36. The highest BCUT2D eigenvalue weighted by Gasteiger charge is 2.12. The summed E-state index contributed by atoms with van der Waals surface area (Å²) in [6, 6.07) is 17.4. The van der Waals surface area contributed by atoms with Crippen LogP contribution in [0.3, 0.4) is 0 Å². The van der Waals surface area contributed by atoms with Crippen molar-refractivity contribution in [2.24, 2.45) is 5.10 Å². The molecule has 0 saturated heterocycles. The standard InChI is InChI=1S/C23H20Cl2N2O4/c1-29-19-9-10-20(22(12-19)30-2)23(28)27-26-13-15-3-7-18(8-4-15)31-14-16-5-6-17(24)11-21(16)25/h3-13H,14H2,1-2H3,(H,27,28). The Kier molecular flexibility index (Phi) is 7.76. The summed E-state index contributed by atoms with van der Waals surface area (Å²) in [5.41, 5.74) is 4.47. The van der Waals surface area contributed by atoms with Crippen LogP contribution in [0.15, 0.2) is 65.8 Å². The second kappa shape index (κ2) is 10.7. The third kappa shape index (κ3) is 6.13. The molecule has 0 aliphatic carbocycles. The van der Waals surface area contributed by atoms with E-state index in [4.69, 9.17) is 37.4 Å². The van der Waals surface area contributed by atoms with E-state index in [2.05, 4.69) is 10.5 Å². The number of carbonyl (C=O) groups excluding carboxylic acids is 1. The molecule has 0 bridgehead atoms. The molecule has 0 fully saturated rings. The van der Waals surface area contributed by atoms with Crippen molar-refractivity contribution in [2.75, 3.05) is 14.2 Å². The van der Waals surface area contributed by atoms with E-state index in [1.54, 1.807) is 49.6 Å². The van der Waals surface area contributed by atoms with Crippen molar-refractivity contribution in [3.63, 3.8) is 0 Å². The summed E-state index contributed by atoms with van der Waals surface area (Å²) in [4.78, 5) is 12.4. The SMILES string of the molecule is COc1ccc(C(=O)NN=Cc2ccc(OCc3ccc(Cl)cc3Cl)cc2)c(OC)c1. The smallest absolute Gasteiger partial charge is 0.275 e. The van der Waals surface area contributed by atoms with Gasteiger partial charge in [0.1, 0.15) is 23.9 Å². The van der Waals surface area contributed by atoms with Gasteiger partial charge in [0.15, 0.2) is 0 Å². The molecule has 31 heavy (non-hydrogen) atoms. The number of benzene rings is 3. The molecule has 0 aliphatic rings. The topological polar surface area (TPSA) is 69.2 Å². The zero-order valence-electron chi connectivity index (χ0n) is 16.9. The van der Waals surface area contributed by atoms with Crippen LogP contribution in [-0.4, -0.2) is 26.3 Å². The van der Waals surface area contributed by atoms with Crippen molar-refractivity contribution in [2.45, 2.75) is 6.61 Å². The Hall–Kier alpha value is -3.22. The number of methoxy groups -OCH3 is 2. The summed E-state index contributed by atoms with van der Waals surface area (Å²) in [5, 5.41) is 5.13. The highest BCUT2D eigenvalue weighted by molar-refractivity contribution is 6.35. The average molecular weight is 459 g/mol. The number of nitrogens with zero attached hydrogens (tertiary/aromatic N) is 1. The number of amides is 1. The molecule has 6 nitrogen and oxygen atoms in total. The molecule has 0 radical (unpaired) electrons. The molecule has 160 valence electrons. The van der Waals surface area contributed by atoms with Crippen molar-refractivity contribution >= 4 is 35.3 Å². The zero-order valence-corrected chi connectivity index (χ0v) is 18.4. The Morgan fingerprint density at radius 2 is 1.71 bits per heavy atom. The summed E-state index contributed by atoms with van der Waals surface area (Å²) in [6.45, 7) is 0.323. The second-order valence-corrected chi connectivity index (χ2v) is 7.20. The Labute approximate surface area is 190 Å². The van der Waals surface area contributed by atoms with Gasteiger partial charge in [0, 0.05) is 21.7 Å². The van der Waals surface area contributed by atoms with Gasteiger partial charge in [0.25, 0.3) is 5.91 Å². The molecule has 1 amide bonds. The molecule has 0 atom stereocenters. The lowest BCUT2D eigenvalue weighted by Gasteiger charge is -2.09. The molecule has 0 spiro atoms. The van der Waals surface area contributed by atoms with Gasteiger partial charge in [-0.2, -0.15) is 5.10 Å². The summed E-state index contributed by atoms with van der Waals surface area (Å²) in [5.74, 6) is 1.28. The van der Waals surface area contributed by atoms with E-state index in [0.717, 1.165) is 11.1 Å². The highest BCUT2D eigenvalue weighted by atomic mass is 35.5. The van der Waals surface area contributed by atoms with Crippen molar-refractivity contribution in [3.8, 4) is 17.2 Å². The van der Waals surface area contributed by atoms with E-state index < -0.39 is 5.91 Å².